The monoisotopic (exact) mass is 517 g/mol. The molecule has 1 aliphatic rings. The molecule has 0 spiro atoms. The number of nitrogens with zero attached hydrogens (tertiary/aromatic N) is 4. The molecule has 1 aliphatic carbocycles. The normalized spacial score (nSPS) is 14.1. The van der Waals surface area contributed by atoms with E-state index in [1.54, 1.807) is 18.3 Å². The van der Waals surface area contributed by atoms with Gasteiger partial charge in [-0.05, 0) is 66.8 Å². The summed E-state index contributed by atoms with van der Waals surface area (Å²) in [5.74, 6) is 0.535. The highest BCUT2D eigenvalue weighted by Gasteiger charge is 2.17. The Balaban J connectivity index is 1.21. The van der Waals surface area contributed by atoms with Crippen LogP contribution in [0.25, 0.3) is 55.7 Å². The number of hydrogen-bond acceptors (Lipinski definition) is 5. The van der Waals surface area contributed by atoms with Gasteiger partial charge in [-0.3, -0.25) is 10.1 Å². The third-order valence-corrected chi connectivity index (χ3v) is 7.74. The van der Waals surface area contributed by atoms with E-state index in [0.717, 1.165) is 63.4 Å². The van der Waals surface area contributed by atoms with E-state index >= 15 is 0 Å². The maximum atomic E-state index is 14.6. The second-order valence-electron chi connectivity index (χ2n) is 10.3. The van der Waals surface area contributed by atoms with E-state index in [1.165, 1.54) is 31.7 Å². The van der Waals surface area contributed by atoms with Gasteiger partial charge in [-0.2, -0.15) is 5.10 Å². The molecule has 1 fully saturated rings. The van der Waals surface area contributed by atoms with Crippen LogP contribution in [-0.4, -0.2) is 36.7 Å². The van der Waals surface area contributed by atoms with Crippen molar-refractivity contribution in [2.45, 2.75) is 32.2 Å². The Labute approximate surface area is 224 Å². The second kappa shape index (κ2) is 10.0. The van der Waals surface area contributed by atoms with E-state index in [-0.39, 0.29) is 5.82 Å². The molecule has 7 rings (SSSR count). The van der Waals surface area contributed by atoms with Gasteiger partial charge in [0.25, 0.3) is 0 Å². The van der Waals surface area contributed by atoms with Gasteiger partial charge in [-0.1, -0.05) is 31.0 Å². The van der Waals surface area contributed by atoms with Crippen molar-refractivity contribution in [3.05, 3.63) is 84.7 Å². The Morgan fingerprint density at radius 1 is 0.897 bits per heavy atom. The first-order chi connectivity index (χ1) is 19.2. The van der Waals surface area contributed by atoms with E-state index in [4.69, 9.17) is 0 Å². The fourth-order valence-electron chi connectivity index (χ4n) is 5.72. The molecule has 0 atom stereocenters. The molecule has 3 N–H and O–H groups in total. The van der Waals surface area contributed by atoms with Crippen LogP contribution in [0.5, 0.6) is 0 Å². The molecule has 8 heteroatoms. The van der Waals surface area contributed by atoms with Gasteiger partial charge < -0.3 is 10.3 Å². The molecule has 0 unspecified atom stereocenters. The van der Waals surface area contributed by atoms with Crippen LogP contribution in [0.3, 0.4) is 0 Å². The summed E-state index contributed by atoms with van der Waals surface area (Å²) in [6.07, 6.45) is 12.7. The number of hydrogen-bond donors (Lipinski definition) is 3. The number of rotatable bonds is 7. The summed E-state index contributed by atoms with van der Waals surface area (Å²) in [4.78, 5) is 17.0. The van der Waals surface area contributed by atoms with Crippen molar-refractivity contribution in [1.82, 2.24) is 35.5 Å². The lowest BCUT2D eigenvalue weighted by molar-refractivity contribution is 0.489. The lowest BCUT2D eigenvalue weighted by atomic mass is 10.0. The smallest absolute Gasteiger partial charge is 0.181 e. The van der Waals surface area contributed by atoms with Crippen LogP contribution in [0, 0.1) is 11.7 Å². The number of fused-ring (bicyclic) bond motifs is 2. The summed E-state index contributed by atoms with van der Waals surface area (Å²) >= 11 is 0. The zero-order valence-corrected chi connectivity index (χ0v) is 21.4. The maximum Gasteiger partial charge on any atom is 0.181 e. The highest BCUT2D eigenvalue weighted by atomic mass is 19.1. The first kappa shape index (κ1) is 23.7. The summed E-state index contributed by atoms with van der Waals surface area (Å²) in [7, 11) is 0. The predicted molar refractivity (Wildman–Crippen MR) is 151 cm³/mol. The molecule has 6 aromatic rings. The third-order valence-electron chi connectivity index (χ3n) is 7.74. The van der Waals surface area contributed by atoms with Crippen molar-refractivity contribution < 1.29 is 4.39 Å². The van der Waals surface area contributed by atoms with Crippen LogP contribution in [0.4, 0.5) is 4.39 Å². The molecule has 7 nitrogen and oxygen atoms in total. The topological polar surface area (TPSA) is 95.2 Å². The Morgan fingerprint density at radius 2 is 1.77 bits per heavy atom. The van der Waals surface area contributed by atoms with Gasteiger partial charge in [0.1, 0.15) is 11.5 Å². The molecule has 0 amide bonds. The average molecular weight is 518 g/mol. The first-order valence-corrected chi connectivity index (χ1v) is 13.4. The van der Waals surface area contributed by atoms with Gasteiger partial charge in [0, 0.05) is 58.8 Å². The highest BCUT2D eigenvalue weighted by molar-refractivity contribution is 5.99. The number of nitrogens with one attached hydrogen (secondary N) is 3. The zero-order chi connectivity index (χ0) is 26.2. The maximum absolute atomic E-state index is 14.6. The van der Waals surface area contributed by atoms with Crippen molar-refractivity contribution in [1.29, 1.82) is 0 Å². The van der Waals surface area contributed by atoms with Crippen LogP contribution in [0.2, 0.25) is 0 Å². The number of benzene rings is 1. The Kier molecular flexibility index (Phi) is 6.09. The van der Waals surface area contributed by atoms with Crippen LogP contribution in [0.1, 0.15) is 31.2 Å². The molecule has 39 heavy (non-hydrogen) atoms. The van der Waals surface area contributed by atoms with Gasteiger partial charge in [0.15, 0.2) is 5.65 Å². The van der Waals surface area contributed by atoms with E-state index < -0.39 is 0 Å². The minimum Gasteiger partial charge on any atom is -0.338 e. The largest absolute Gasteiger partial charge is 0.338 e. The van der Waals surface area contributed by atoms with Gasteiger partial charge in [0.2, 0.25) is 0 Å². The Bertz CT molecular complexity index is 1780. The minimum absolute atomic E-state index is 0.266. The number of aromatic amines is 2. The van der Waals surface area contributed by atoms with Gasteiger partial charge in [-0.25, -0.2) is 14.4 Å². The Hall–Kier alpha value is -4.43. The molecule has 194 valence electrons. The molecule has 5 aromatic heterocycles. The molecule has 1 aromatic carbocycles. The number of H-pyrrole nitrogens is 2. The average Bonchev–Trinajstić information content (AvgIpc) is 3.73. The molecule has 0 radical (unpaired) electrons. The lowest BCUT2D eigenvalue weighted by Crippen LogP contribution is -2.20. The molecular weight excluding hydrogens is 489 g/mol. The standard InChI is InChI=1S/C31H28FN7/c32-27-8-4-3-7-24(27)23-9-10-35-30-25(23)13-28(37-30)29-26-12-22(18-36-31(26)39-38-29)21-11-20(16-34-17-21)15-33-14-19-5-1-2-6-19/h3-4,7-13,16-19,33H,1-2,5-6,14-15H2,(H,35,37)(H,36,38,39). The van der Waals surface area contributed by atoms with E-state index in [9.17, 15) is 4.39 Å². The second-order valence-corrected chi connectivity index (χ2v) is 10.3. The van der Waals surface area contributed by atoms with Crippen LogP contribution in [0.15, 0.2) is 73.3 Å². The fraction of sp³-hybridized carbons (Fsp3) is 0.226. The highest BCUT2D eigenvalue weighted by Crippen LogP contribution is 2.35. The van der Waals surface area contributed by atoms with Gasteiger partial charge >= 0.3 is 0 Å². The number of halogens is 1. The quantitative estimate of drug-likeness (QED) is 0.220. The number of aromatic nitrogens is 6. The van der Waals surface area contributed by atoms with Crippen molar-refractivity contribution >= 4 is 22.1 Å². The van der Waals surface area contributed by atoms with Gasteiger partial charge in [0.05, 0.1) is 11.4 Å². The summed E-state index contributed by atoms with van der Waals surface area (Å²) in [5.41, 5.74) is 7.38. The van der Waals surface area contributed by atoms with Crippen molar-refractivity contribution in [2.75, 3.05) is 6.54 Å². The van der Waals surface area contributed by atoms with Crippen molar-refractivity contribution in [3.8, 4) is 33.6 Å². The summed E-state index contributed by atoms with van der Waals surface area (Å²) in [6, 6.07) is 14.9. The SMILES string of the molecule is Fc1ccccc1-c1ccnc2[nH]c(-c3[nH]nc4ncc(-c5cncc(CNCC6CCCC6)c5)cc34)cc12. The summed E-state index contributed by atoms with van der Waals surface area (Å²) < 4.78 is 14.6. The lowest BCUT2D eigenvalue weighted by Gasteiger charge is -2.11. The summed E-state index contributed by atoms with van der Waals surface area (Å²) in [5, 5.41) is 12.9. The van der Waals surface area contributed by atoms with Crippen molar-refractivity contribution in [3.63, 3.8) is 0 Å². The molecule has 0 saturated heterocycles. The van der Waals surface area contributed by atoms with E-state index in [1.807, 2.05) is 36.8 Å². The van der Waals surface area contributed by atoms with Crippen molar-refractivity contribution in [2.24, 2.45) is 5.92 Å². The minimum atomic E-state index is -0.266. The molecule has 1 saturated carbocycles. The third kappa shape index (κ3) is 4.57. The number of pyridine rings is 3. The van der Waals surface area contributed by atoms with E-state index in [0.29, 0.717) is 16.9 Å². The molecule has 5 heterocycles. The zero-order valence-electron chi connectivity index (χ0n) is 21.4. The van der Waals surface area contributed by atoms with E-state index in [2.05, 4.69) is 47.6 Å². The Morgan fingerprint density at radius 3 is 2.67 bits per heavy atom. The molecular formula is C31H28FN7. The first-order valence-electron chi connectivity index (χ1n) is 13.4. The van der Waals surface area contributed by atoms with Crippen LogP contribution in [-0.2, 0) is 6.54 Å². The summed E-state index contributed by atoms with van der Waals surface area (Å²) in [6.45, 7) is 1.87. The molecule has 0 bridgehead atoms. The van der Waals surface area contributed by atoms with Crippen LogP contribution >= 0.6 is 0 Å². The molecule has 0 aliphatic heterocycles. The predicted octanol–water partition coefficient (Wildman–Crippen LogP) is 6.65. The van der Waals surface area contributed by atoms with Crippen LogP contribution < -0.4 is 5.32 Å². The fourth-order valence-corrected chi connectivity index (χ4v) is 5.72. The van der Waals surface area contributed by atoms with Gasteiger partial charge in [-0.15, -0.1) is 0 Å².